The molecular weight excluding hydrogens is 675 g/mol. The van der Waals surface area contributed by atoms with Crippen molar-refractivity contribution in [1.82, 2.24) is 23.9 Å². The fraction of sp³-hybridized carbons (Fsp3) is 0.356. The smallest absolute Gasteiger partial charge is 0.254 e. The van der Waals surface area contributed by atoms with Gasteiger partial charge in [0.2, 0.25) is 0 Å². The number of fused-ring (bicyclic) bond motifs is 2. The number of imidazole rings is 1. The molecule has 9 nitrogen and oxygen atoms in total. The molecule has 6 aromatic rings. The highest BCUT2D eigenvalue weighted by molar-refractivity contribution is 6.01. The van der Waals surface area contributed by atoms with E-state index in [1.165, 1.54) is 30.2 Å². The molecule has 54 heavy (non-hydrogen) atoms. The minimum atomic E-state index is 0.0256. The number of rotatable bonds is 9. The van der Waals surface area contributed by atoms with E-state index < -0.39 is 0 Å². The van der Waals surface area contributed by atoms with Crippen molar-refractivity contribution in [2.24, 2.45) is 29.6 Å². The van der Waals surface area contributed by atoms with E-state index in [2.05, 4.69) is 44.4 Å². The predicted molar refractivity (Wildman–Crippen MR) is 207 cm³/mol. The summed E-state index contributed by atoms with van der Waals surface area (Å²) < 4.78 is 10.8. The van der Waals surface area contributed by atoms with Crippen LogP contribution in [0.15, 0.2) is 91.0 Å². The van der Waals surface area contributed by atoms with Crippen LogP contribution in [0.1, 0.15) is 46.4 Å². The number of nitrogens with zero attached hydrogens (tertiary/aromatic N) is 5. The lowest BCUT2D eigenvalue weighted by Gasteiger charge is -2.52. The summed E-state index contributed by atoms with van der Waals surface area (Å²) in [6.07, 6.45) is 4.90. The Morgan fingerprint density at radius 2 is 1.52 bits per heavy atom. The molecule has 4 aromatic carbocycles. The third-order valence-corrected chi connectivity index (χ3v) is 13.2. The Labute approximate surface area is 313 Å². The molecular formula is C45H43N5O4. The van der Waals surface area contributed by atoms with E-state index in [-0.39, 0.29) is 23.5 Å². The number of hydrogen-bond donors (Lipinski definition) is 1. The summed E-state index contributed by atoms with van der Waals surface area (Å²) in [5, 5.41) is 10.9. The van der Waals surface area contributed by atoms with Gasteiger partial charge in [0.1, 0.15) is 17.0 Å². The van der Waals surface area contributed by atoms with Crippen LogP contribution in [0.2, 0.25) is 0 Å². The van der Waals surface area contributed by atoms with Crippen molar-refractivity contribution in [2.75, 3.05) is 26.7 Å². The van der Waals surface area contributed by atoms with Crippen molar-refractivity contribution in [3.63, 3.8) is 0 Å². The van der Waals surface area contributed by atoms with Gasteiger partial charge in [-0.1, -0.05) is 42.5 Å². The predicted octanol–water partition coefficient (Wildman–Crippen LogP) is 7.70. The van der Waals surface area contributed by atoms with E-state index in [0.29, 0.717) is 60.3 Å². The van der Waals surface area contributed by atoms with Crippen LogP contribution in [-0.2, 0) is 13.1 Å². The van der Waals surface area contributed by atoms with E-state index >= 15 is 0 Å². The molecule has 3 aliphatic carbocycles. The van der Waals surface area contributed by atoms with Crippen molar-refractivity contribution < 1.29 is 19.4 Å². The molecule has 5 fully saturated rings. The lowest BCUT2D eigenvalue weighted by atomic mass is 9.53. The van der Waals surface area contributed by atoms with Gasteiger partial charge in [-0.3, -0.25) is 9.59 Å². The van der Waals surface area contributed by atoms with Gasteiger partial charge in [0.15, 0.2) is 5.82 Å². The first-order valence-corrected chi connectivity index (χ1v) is 19.6. The van der Waals surface area contributed by atoms with Crippen molar-refractivity contribution in [3.05, 3.63) is 102 Å². The topological polar surface area (TPSA) is 92.8 Å². The molecule has 0 spiro atoms. The molecule has 272 valence electrons. The highest BCUT2D eigenvalue weighted by Crippen LogP contribution is 2.61. The molecule has 1 N–H and O–H groups in total. The van der Waals surface area contributed by atoms with Crippen LogP contribution in [-0.4, -0.2) is 73.6 Å². The molecule has 9 heteroatoms. The van der Waals surface area contributed by atoms with Crippen LogP contribution >= 0.6 is 0 Å². The SMILES string of the molecule is COc1cc(C(=O)N2CC3CC4CC2[C@H]43)cc2nc(-c3cc4ccccc4n3CC3CC3)n(CC3CN(C(=O)c4ccc(-c5ccc(O)cc5)cc4)C3)c12. The van der Waals surface area contributed by atoms with Gasteiger partial charge in [0.05, 0.1) is 18.3 Å². The summed E-state index contributed by atoms with van der Waals surface area (Å²) in [4.78, 5) is 37.1. The molecule has 0 radical (unpaired) electrons. The Balaban J connectivity index is 0.923. The highest BCUT2D eigenvalue weighted by Gasteiger charge is 2.61. The number of aromatic hydroxyl groups is 1. The minimum absolute atomic E-state index is 0.0256. The number of para-hydroxylation sites is 1. The molecule has 4 heterocycles. The monoisotopic (exact) mass is 717 g/mol. The summed E-state index contributed by atoms with van der Waals surface area (Å²) in [6.45, 7) is 3.76. The highest BCUT2D eigenvalue weighted by atomic mass is 16.5. The maximum Gasteiger partial charge on any atom is 0.254 e. The Morgan fingerprint density at radius 1 is 0.778 bits per heavy atom. The van der Waals surface area contributed by atoms with Crippen molar-refractivity contribution in [2.45, 2.75) is 44.8 Å². The van der Waals surface area contributed by atoms with Gasteiger partial charge in [-0.25, -0.2) is 4.98 Å². The van der Waals surface area contributed by atoms with E-state index in [0.717, 1.165) is 59.1 Å². The van der Waals surface area contributed by atoms with Gasteiger partial charge in [-0.05, 0) is 109 Å². The maximum atomic E-state index is 14.1. The number of methoxy groups -OCH3 is 1. The number of ether oxygens (including phenoxy) is 1. The average Bonchev–Trinajstić information content (AvgIpc) is 3.82. The second kappa shape index (κ2) is 12.0. The molecule has 0 bridgehead atoms. The first-order valence-electron chi connectivity index (χ1n) is 19.6. The second-order valence-corrected chi connectivity index (χ2v) is 16.5. The van der Waals surface area contributed by atoms with Crippen LogP contribution in [0, 0.1) is 29.6 Å². The maximum absolute atomic E-state index is 14.1. The van der Waals surface area contributed by atoms with Crippen LogP contribution in [0.3, 0.4) is 0 Å². The zero-order valence-electron chi connectivity index (χ0n) is 30.4. The van der Waals surface area contributed by atoms with Crippen LogP contribution in [0.5, 0.6) is 11.5 Å². The van der Waals surface area contributed by atoms with Gasteiger partial charge >= 0.3 is 0 Å². The number of benzene rings is 4. The fourth-order valence-electron chi connectivity index (χ4n) is 10.1. The number of amides is 2. The van der Waals surface area contributed by atoms with Crippen molar-refractivity contribution >= 4 is 33.8 Å². The Hall–Kier alpha value is -5.57. The Morgan fingerprint density at radius 3 is 2.24 bits per heavy atom. The third-order valence-electron chi connectivity index (χ3n) is 13.2. The van der Waals surface area contributed by atoms with Gasteiger partial charge < -0.3 is 28.8 Å². The second-order valence-electron chi connectivity index (χ2n) is 16.5. The fourth-order valence-corrected chi connectivity index (χ4v) is 10.1. The lowest BCUT2D eigenvalue weighted by molar-refractivity contribution is -0.0204. The van der Waals surface area contributed by atoms with Gasteiger partial charge in [-0.2, -0.15) is 0 Å². The molecule has 2 aliphatic heterocycles. The molecule has 5 aliphatic rings. The molecule has 2 amide bonds. The summed E-state index contributed by atoms with van der Waals surface area (Å²) in [5.74, 6) is 4.97. The number of carbonyl (C=O) groups is 2. The van der Waals surface area contributed by atoms with Crippen molar-refractivity contribution in [3.8, 4) is 34.1 Å². The zero-order chi connectivity index (χ0) is 36.2. The Bertz CT molecular complexity index is 2470. The quantitative estimate of drug-likeness (QED) is 0.166. The minimum Gasteiger partial charge on any atom is -0.508 e. The number of aromatic nitrogens is 3. The summed E-state index contributed by atoms with van der Waals surface area (Å²) in [5.41, 5.74) is 7.24. The van der Waals surface area contributed by atoms with E-state index in [9.17, 15) is 14.7 Å². The first kappa shape index (κ1) is 31.9. The van der Waals surface area contributed by atoms with Gasteiger partial charge in [0, 0.05) is 66.7 Å². The molecule has 3 unspecified atom stereocenters. The Kier molecular flexibility index (Phi) is 7.07. The van der Waals surface area contributed by atoms with Gasteiger partial charge in [0.25, 0.3) is 11.8 Å². The largest absolute Gasteiger partial charge is 0.508 e. The zero-order valence-corrected chi connectivity index (χ0v) is 30.4. The summed E-state index contributed by atoms with van der Waals surface area (Å²) in [6, 6.07) is 29.9. The molecule has 3 saturated carbocycles. The summed E-state index contributed by atoms with van der Waals surface area (Å²) >= 11 is 0. The van der Waals surface area contributed by atoms with Crippen molar-refractivity contribution in [1.29, 1.82) is 0 Å². The average molecular weight is 718 g/mol. The van der Waals surface area contributed by atoms with E-state index in [4.69, 9.17) is 9.72 Å². The molecule has 2 saturated heterocycles. The number of phenolic OH excluding ortho intramolecular Hbond substituents is 1. The molecule has 2 aromatic heterocycles. The van der Waals surface area contributed by atoms with Gasteiger partial charge in [-0.15, -0.1) is 0 Å². The standard InChI is InChI=1S/C45H43N5O4/c1-54-40-20-33(45(53)49-25-34-16-32-19-38(49)41(32)34)17-36-42(40)50(43(46-36)39-18-31-4-2-3-5-37(31)48(39)23-26-6-7-26)24-27-21-47(22-27)44(52)30-10-8-28(9-11-30)29-12-14-35(51)15-13-29/h2-5,8-15,17-18,20,26-27,32,34,38,41,51H,6-7,16,19,21-25H2,1H3/t32?,34?,38?,41-/m1/s1. The molecule has 11 rings (SSSR count). The molecule has 4 atom stereocenters. The number of carbonyl (C=O) groups excluding carboxylic acids is 2. The van der Waals surface area contributed by atoms with Crippen LogP contribution < -0.4 is 4.74 Å². The lowest BCUT2D eigenvalue weighted by Crippen LogP contribution is -2.53. The summed E-state index contributed by atoms with van der Waals surface area (Å²) in [7, 11) is 1.69. The third kappa shape index (κ3) is 5.00. The van der Waals surface area contributed by atoms with Crippen LogP contribution in [0.4, 0.5) is 0 Å². The number of hydrogen-bond acceptors (Lipinski definition) is 5. The number of phenols is 1. The number of likely N-dealkylation sites (tertiary alicyclic amines) is 2. The normalized spacial score (nSPS) is 22.9. The van der Waals surface area contributed by atoms with E-state index in [1.54, 1.807) is 19.2 Å². The van der Waals surface area contributed by atoms with Crippen LogP contribution in [0.25, 0.3) is 44.6 Å². The van der Waals surface area contributed by atoms with E-state index in [1.807, 2.05) is 53.4 Å². The first-order chi connectivity index (χ1) is 26.4.